The number of hydrogen-bond donors (Lipinski definition) is 1. The van der Waals surface area contributed by atoms with Crippen molar-refractivity contribution in [3.05, 3.63) is 120 Å². The molecule has 0 bridgehead atoms. The fraction of sp³-hybridized carbons (Fsp3) is 0.125. The van der Waals surface area contributed by atoms with Gasteiger partial charge in [0.15, 0.2) is 0 Å². The Bertz CT molecular complexity index is 777. The fourth-order valence-corrected chi connectivity index (χ4v) is 4.70. The maximum atomic E-state index is 10.7. The van der Waals surface area contributed by atoms with Crippen LogP contribution in [-0.2, 0) is 9.54 Å². The third-order valence-electron chi connectivity index (χ3n) is 4.40. The first-order valence-electron chi connectivity index (χ1n) is 8.93. The second-order valence-electron chi connectivity index (χ2n) is 6.16. The molecule has 2 nitrogen and oxygen atoms in total. The maximum Gasteiger partial charge on any atom is 0.327 e. The molecular weight excluding hydrogens is 352 g/mol. The molecule has 0 amide bonds. The topological polar surface area (TPSA) is 37.3 Å². The van der Waals surface area contributed by atoms with Crippen LogP contribution in [0.4, 0.5) is 0 Å². The van der Waals surface area contributed by atoms with Crippen LogP contribution in [-0.4, -0.2) is 16.8 Å². The zero-order valence-electron chi connectivity index (χ0n) is 15.0. The van der Waals surface area contributed by atoms with Crippen molar-refractivity contribution in [2.75, 3.05) is 5.75 Å². The molecule has 0 radical (unpaired) electrons. The molecule has 0 aliphatic heterocycles. The van der Waals surface area contributed by atoms with Crippen molar-refractivity contribution >= 4 is 17.7 Å². The van der Waals surface area contributed by atoms with Crippen molar-refractivity contribution in [3.63, 3.8) is 0 Å². The number of carboxylic acid groups (broad SMARTS) is 1. The SMILES string of the molecule is O=C(O)C=CCCSC(c1ccccc1)(c1ccccc1)c1ccccc1. The summed E-state index contributed by atoms with van der Waals surface area (Å²) in [7, 11) is 0. The average Bonchev–Trinajstić information content (AvgIpc) is 2.73. The second-order valence-corrected chi connectivity index (χ2v) is 7.47. The molecule has 0 saturated carbocycles. The number of carboxylic acids is 1. The molecule has 3 rings (SSSR count). The van der Waals surface area contributed by atoms with Crippen LogP contribution in [0.3, 0.4) is 0 Å². The lowest BCUT2D eigenvalue weighted by atomic mass is 9.84. The maximum absolute atomic E-state index is 10.7. The predicted molar refractivity (Wildman–Crippen MR) is 113 cm³/mol. The van der Waals surface area contributed by atoms with Gasteiger partial charge in [-0.3, -0.25) is 0 Å². The van der Waals surface area contributed by atoms with E-state index < -0.39 is 5.97 Å². The summed E-state index contributed by atoms with van der Waals surface area (Å²) in [6, 6.07) is 31.5. The van der Waals surface area contributed by atoms with E-state index >= 15 is 0 Å². The van der Waals surface area contributed by atoms with Crippen LogP contribution in [0, 0.1) is 0 Å². The van der Waals surface area contributed by atoms with Crippen molar-refractivity contribution in [2.24, 2.45) is 0 Å². The van der Waals surface area contributed by atoms with Crippen LogP contribution in [0.15, 0.2) is 103 Å². The highest BCUT2D eigenvalue weighted by atomic mass is 32.2. The molecule has 0 fully saturated rings. The normalized spacial score (nSPS) is 11.6. The highest BCUT2D eigenvalue weighted by Crippen LogP contribution is 2.48. The number of carbonyl (C=O) groups is 1. The molecule has 0 atom stereocenters. The van der Waals surface area contributed by atoms with Gasteiger partial charge < -0.3 is 5.11 Å². The van der Waals surface area contributed by atoms with Crippen LogP contribution in [0.2, 0.25) is 0 Å². The summed E-state index contributed by atoms with van der Waals surface area (Å²) in [6.07, 6.45) is 3.64. The first kappa shape index (κ1) is 19.0. The summed E-state index contributed by atoms with van der Waals surface area (Å²) >= 11 is 1.84. The average molecular weight is 375 g/mol. The van der Waals surface area contributed by atoms with Crippen LogP contribution < -0.4 is 0 Å². The van der Waals surface area contributed by atoms with Crippen LogP contribution in [0.25, 0.3) is 0 Å². The number of rotatable bonds is 8. The lowest BCUT2D eigenvalue weighted by Crippen LogP contribution is -2.26. The van der Waals surface area contributed by atoms with Gasteiger partial charge >= 0.3 is 5.97 Å². The number of hydrogen-bond acceptors (Lipinski definition) is 2. The highest BCUT2D eigenvalue weighted by Gasteiger charge is 2.36. The Hall–Kier alpha value is -2.78. The van der Waals surface area contributed by atoms with E-state index in [1.54, 1.807) is 6.08 Å². The smallest absolute Gasteiger partial charge is 0.327 e. The van der Waals surface area contributed by atoms with Gasteiger partial charge in [-0.2, -0.15) is 0 Å². The molecule has 0 saturated heterocycles. The van der Waals surface area contributed by atoms with Crippen LogP contribution in [0.1, 0.15) is 23.1 Å². The highest BCUT2D eigenvalue weighted by molar-refractivity contribution is 8.00. The lowest BCUT2D eigenvalue weighted by Gasteiger charge is -2.35. The van der Waals surface area contributed by atoms with Gasteiger partial charge in [-0.25, -0.2) is 4.79 Å². The third-order valence-corrected chi connectivity index (χ3v) is 5.98. The van der Waals surface area contributed by atoms with Gasteiger partial charge in [0, 0.05) is 6.08 Å². The Balaban J connectivity index is 2.07. The lowest BCUT2D eigenvalue weighted by molar-refractivity contribution is -0.131. The Kier molecular flexibility index (Phi) is 6.50. The van der Waals surface area contributed by atoms with Gasteiger partial charge in [-0.05, 0) is 28.9 Å². The van der Waals surface area contributed by atoms with Gasteiger partial charge in [-0.1, -0.05) is 97.1 Å². The minimum atomic E-state index is -0.902. The Labute approximate surface area is 164 Å². The third kappa shape index (κ3) is 4.50. The van der Waals surface area contributed by atoms with Crippen molar-refractivity contribution in [3.8, 4) is 0 Å². The molecule has 0 heterocycles. The first-order valence-corrected chi connectivity index (χ1v) is 9.92. The van der Waals surface area contributed by atoms with Crippen molar-refractivity contribution < 1.29 is 9.90 Å². The van der Waals surface area contributed by atoms with Crippen molar-refractivity contribution in [1.29, 1.82) is 0 Å². The summed E-state index contributed by atoms with van der Waals surface area (Å²) < 4.78 is -0.346. The van der Waals surface area contributed by atoms with Crippen molar-refractivity contribution in [1.82, 2.24) is 0 Å². The van der Waals surface area contributed by atoms with Gasteiger partial charge in [0.1, 0.15) is 0 Å². The summed E-state index contributed by atoms with van der Waals surface area (Å²) in [4.78, 5) is 10.7. The van der Waals surface area contributed by atoms with E-state index in [-0.39, 0.29) is 4.75 Å². The summed E-state index contributed by atoms with van der Waals surface area (Å²) in [5, 5.41) is 8.81. The number of allylic oxidation sites excluding steroid dienone is 1. The van der Waals surface area contributed by atoms with E-state index in [2.05, 4.69) is 72.8 Å². The fourth-order valence-electron chi connectivity index (χ4n) is 3.23. The van der Waals surface area contributed by atoms with Gasteiger partial charge in [0.2, 0.25) is 0 Å². The second kappa shape index (κ2) is 9.24. The molecule has 1 N–H and O–H groups in total. The zero-order chi connectivity index (χ0) is 19.0. The predicted octanol–water partition coefficient (Wildman–Crippen LogP) is 5.74. The quantitative estimate of drug-likeness (QED) is 0.310. The van der Waals surface area contributed by atoms with E-state index in [0.29, 0.717) is 6.42 Å². The minimum Gasteiger partial charge on any atom is -0.478 e. The minimum absolute atomic E-state index is 0.346. The van der Waals surface area contributed by atoms with Crippen LogP contribution in [0.5, 0.6) is 0 Å². The van der Waals surface area contributed by atoms with E-state index in [9.17, 15) is 4.79 Å². The number of aliphatic carboxylic acids is 1. The van der Waals surface area contributed by atoms with Gasteiger partial charge in [0.05, 0.1) is 4.75 Å². The van der Waals surface area contributed by atoms with E-state index in [1.165, 1.54) is 22.8 Å². The van der Waals surface area contributed by atoms with Crippen molar-refractivity contribution in [2.45, 2.75) is 11.2 Å². The van der Waals surface area contributed by atoms with E-state index in [1.807, 2.05) is 30.0 Å². The molecule has 27 heavy (non-hydrogen) atoms. The first-order chi connectivity index (χ1) is 13.2. The monoisotopic (exact) mass is 374 g/mol. The summed E-state index contributed by atoms with van der Waals surface area (Å²) in [5.74, 6) is -0.0944. The Morgan fingerprint density at radius 3 is 1.56 bits per heavy atom. The van der Waals surface area contributed by atoms with Gasteiger partial charge in [0.25, 0.3) is 0 Å². The Morgan fingerprint density at radius 2 is 1.19 bits per heavy atom. The zero-order valence-corrected chi connectivity index (χ0v) is 15.8. The molecule has 3 aromatic carbocycles. The molecule has 3 heteroatoms. The molecule has 136 valence electrons. The Morgan fingerprint density at radius 1 is 0.778 bits per heavy atom. The molecule has 0 aliphatic rings. The molecule has 0 spiro atoms. The number of thioether (sulfide) groups is 1. The molecule has 0 aliphatic carbocycles. The largest absolute Gasteiger partial charge is 0.478 e. The number of benzene rings is 3. The molecule has 0 unspecified atom stereocenters. The molecule has 0 aromatic heterocycles. The summed E-state index contributed by atoms with van der Waals surface area (Å²) in [5.41, 5.74) is 3.65. The molecule has 3 aromatic rings. The van der Waals surface area contributed by atoms with Crippen LogP contribution >= 0.6 is 11.8 Å². The van der Waals surface area contributed by atoms with Gasteiger partial charge in [-0.15, -0.1) is 11.8 Å². The summed E-state index contributed by atoms with van der Waals surface area (Å²) in [6.45, 7) is 0. The van der Waals surface area contributed by atoms with E-state index in [4.69, 9.17) is 5.11 Å². The molecular formula is C24H22O2S. The standard InChI is InChI=1S/C24H22O2S/c25-23(26)18-10-11-19-27-24(20-12-4-1-5-13-20,21-14-6-2-7-15-21)22-16-8-3-9-17-22/h1-10,12-18H,11,19H2,(H,25,26). The van der Waals surface area contributed by atoms with E-state index in [0.717, 1.165) is 5.75 Å².